The zero-order valence-electron chi connectivity index (χ0n) is 16.6. The predicted molar refractivity (Wildman–Crippen MR) is 105 cm³/mol. The molecule has 3 rings (SSSR count). The lowest BCUT2D eigenvalue weighted by Gasteiger charge is -2.19. The van der Waals surface area contributed by atoms with E-state index in [9.17, 15) is 13.6 Å². The molecule has 3 nitrogen and oxygen atoms in total. The van der Waals surface area contributed by atoms with Gasteiger partial charge in [0.1, 0.15) is 17.2 Å². The monoisotopic (exact) mass is 373 g/mol. The second-order valence-corrected chi connectivity index (χ2v) is 6.99. The Bertz CT molecular complexity index is 948. The van der Waals surface area contributed by atoms with Gasteiger partial charge in [-0.05, 0) is 63.1 Å². The molecule has 0 atom stereocenters. The number of carbonyl (C=O) groups excluding carboxylic acids is 1. The van der Waals surface area contributed by atoms with E-state index in [4.69, 9.17) is 4.74 Å². The molecule has 0 aliphatic heterocycles. The molecule has 144 valence electrons. The highest BCUT2D eigenvalue weighted by atomic mass is 19.1. The predicted octanol–water partition coefficient (Wildman–Crippen LogP) is 6.70. The summed E-state index contributed by atoms with van der Waals surface area (Å²) in [5.74, 6) is -1.24. The second-order valence-electron chi connectivity index (χ2n) is 6.99. The van der Waals surface area contributed by atoms with Crippen molar-refractivity contribution in [3.63, 3.8) is 0 Å². The fourth-order valence-corrected chi connectivity index (χ4v) is 2.79. The van der Waals surface area contributed by atoms with E-state index in [0.29, 0.717) is 11.1 Å². The molecule has 0 spiro atoms. The van der Waals surface area contributed by atoms with Crippen molar-refractivity contribution in [3.8, 4) is 11.1 Å². The van der Waals surface area contributed by atoms with Crippen LogP contribution in [0.3, 0.4) is 0 Å². The Balaban J connectivity index is 0.00000126. The van der Waals surface area contributed by atoms with Gasteiger partial charge in [-0.3, -0.25) is 4.57 Å². The second kappa shape index (κ2) is 7.91. The first kappa shape index (κ1) is 20.6. The average Bonchev–Trinajstić information content (AvgIpc) is 2.92. The fraction of sp³-hybridized carbons (Fsp3) is 0.318. The summed E-state index contributed by atoms with van der Waals surface area (Å²) in [6, 6.07) is 8.74. The van der Waals surface area contributed by atoms with Crippen molar-refractivity contribution in [1.82, 2.24) is 4.57 Å². The van der Waals surface area contributed by atoms with E-state index in [1.54, 1.807) is 45.2 Å². The molecular weight excluding hydrogens is 348 g/mol. The number of fused-ring (bicyclic) bond motifs is 1. The van der Waals surface area contributed by atoms with Crippen LogP contribution in [-0.4, -0.2) is 16.3 Å². The van der Waals surface area contributed by atoms with Crippen molar-refractivity contribution in [1.29, 1.82) is 0 Å². The van der Waals surface area contributed by atoms with Crippen molar-refractivity contribution in [2.24, 2.45) is 0 Å². The van der Waals surface area contributed by atoms with Crippen LogP contribution in [0.1, 0.15) is 40.2 Å². The molecule has 0 bridgehead atoms. The smallest absolute Gasteiger partial charge is 0.418 e. The van der Waals surface area contributed by atoms with Gasteiger partial charge in [-0.15, -0.1) is 0 Å². The van der Waals surface area contributed by atoms with Crippen LogP contribution in [0.4, 0.5) is 13.6 Å². The van der Waals surface area contributed by atoms with Crippen molar-refractivity contribution < 1.29 is 18.3 Å². The van der Waals surface area contributed by atoms with Crippen LogP contribution in [0.2, 0.25) is 0 Å². The summed E-state index contributed by atoms with van der Waals surface area (Å²) in [6.45, 7) is 11.2. The highest BCUT2D eigenvalue weighted by Crippen LogP contribution is 2.31. The summed E-state index contributed by atoms with van der Waals surface area (Å²) >= 11 is 0. The van der Waals surface area contributed by atoms with Crippen LogP contribution < -0.4 is 0 Å². The first-order valence-electron chi connectivity index (χ1n) is 8.97. The minimum absolute atomic E-state index is 0.0752. The van der Waals surface area contributed by atoms with Crippen molar-refractivity contribution in [3.05, 3.63) is 59.8 Å². The van der Waals surface area contributed by atoms with Crippen LogP contribution in [0, 0.1) is 18.6 Å². The number of halogens is 2. The van der Waals surface area contributed by atoms with E-state index in [2.05, 4.69) is 0 Å². The molecule has 0 saturated heterocycles. The van der Waals surface area contributed by atoms with E-state index >= 15 is 0 Å². The Kier molecular flexibility index (Phi) is 6.04. The van der Waals surface area contributed by atoms with Gasteiger partial charge in [-0.1, -0.05) is 26.0 Å². The zero-order valence-corrected chi connectivity index (χ0v) is 16.6. The first-order chi connectivity index (χ1) is 12.7. The van der Waals surface area contributed by atoms with E-state index < -0.39 is 23.3 Å². The molecule has 3 aromatic rings. The maximum atomic E-state index is 14.0. The lowest BCUT2D eigenvalue weighted by molar-refractivity contribution is 0.0544. The number of rotatable bonds is 1. The first-order valence-corrected chi connectivity index (χ1v) is 8.97. The summed E-state index contributed by atoms with van der Waals surface area (Å²) in [7, 11) is 0. The van der Waals surface area contributed by atoms with Crippen LogP contribution >= 0.6 is 0 Å². The van der Waals surface area contributed by atoms with Gasteiger partial charge in [-0.2, -0.15) is 0 Å². The number of aryl methyl sites for hydroxylation is 1. The van der Waals surface area contributed by atoms with E-state index in [0.717, 1.165) is 10.9 Å². The molecule has 0 saturated carbocycles. The molecule has 27 heavy (non-hydrogen) atoms. The molecule has 0 amide bonds. The molecule has 0 N–H and O–H groups in total. The Hall–Kier alpha value is -2.69. The number of hydrogen-bond acceptors (Lipinski definition) is 2. The Morgan fingerprint density at radius 2 is 1.63 bits per heavy atom. The van der Waals surface area contributed by atoms with Crippen LogP contribution in [0.15, 0.2) is 42.6 Å². The lowest BCUT2D eigenvalue weighted by Crippen LogP contribution is -2.26. The number of aromatic nitrogens is 1. The molecular formula is C22H25F2NO2. The topological polar surface area (TPSA) is 31.2 Å². The molecule has 0 radical (unpaired) electrons. The van der Waals surface area contributed by atoms with E-state index in [-0.39, 0.29) is 5.56 Å². The SMILES string of the molecule is CC.Cc1cn(C(=O)OC(C)(C)C)c2ccc(-c3c(F)cccc3F)cc12. The van der Waals surface area contributed by atoms with Gasteiger partial charge in [0, 0.05) is 11.6 Å². The highest BCUT2D eigenvalue weighted by Gasteiger charge is 2.20. The number of carbonyl (C=O) groups is 1. The third kappa shape index (κ3) is 4.35. The number of benzene rings is 2. The third-order valence-corrected chi connectivity index (χ3v) is 3.85. The van der Waals surface area contributed by atoms with Gasteiger partial charge in [0.25, 0.3) is 0 Å². The molecule has 0 aliphatic carbocycles. The molecule has 2 aromatic carbocycles. The summed E-state index contributed by atoms with van der Waals surface area (Å²) in [4.78, 5) is 12.4. The van der Waals surface area contributed by atoms with E-state index in [1.807, 2.05) is 20.8 Å². The summed E-state index contributed by atoms with van der Waals surface area (Å²) in [5, 5.41) is 0.742. The lowest BCUT2D eigenvalue weighted by atomic mass is 10.0. The van der Waals surface area contributed by atoms with Crippen LogP contribution in [-0.2, 0) is 4.74 Å². The molecule has 5 heteroatoms. The maximum absolute atomic E-state index is 14.0. The molecule has 1 aromatic heterocycles. The number of hydrogen-bond donors (Lipinski definition) is 0. The third-order valence-electron chi connectivity index (χ3n) is 3.85. The maximum Gasteiger partial charge on any atom is 0.418 e. The van der Waals surface area contributed by atoms with E-state index in [1.165, 1.54) is 22.8 Å². The minimum atomic E-state index is -0.622. The molecule has 0 aliphatic rings. The van der Waals surface area contributed by atoms with Gasteiger partial charge in [0.15, 0.2) is 0 Å². The Morgan fingerprint density at radius 3 is 2.19 bits per heavy atom. The van der Waals surface area contributed by atoms with Gasteiger partial charge in [0.2, 0.25) is 0 Å². The average molecular weight is 373 g/mol. The zero-order chi connectivity index (χ0) is 20.4. The van der Waals surface area contributed by atoms with Crippen molar-refractivity contribution >= 4 is 17.0 Å². The Labute approximate surface area is 158 Å². The van der Waals surface area contributed by atoms with Crippen LogP contribution in [0.25, 0.3) is 22.0 Å². The van der Waals surface area contributed by atoms with Gasteiger partial charge in [-0.25, -0.2) is 13.6 Å². The van der Waals surface area contributed by atoms with Crippen molar-refractivity contribution in [2.75, 3.05) is 0 Å². The molecule has 0 unspecified atom stereocenters. The quantitative estimate of drug-likeness (QED) is 0.475. The molecule has 1 heterocycles. The number of ether oxygens (including phenoxy) is 1. The summed E-state index contributed by atoms with van der Waals surface area (Å²) in [6.07, 6.45) is 1.18. The summed E-state index contributed by atoms with van der Waals surface area (Å²) < 4.78 is 34.9. The van der Waals surface area contributed by atoms with Gasteiger partial charge < -0.3 is 4.74 Å². The standard InChI is InChI=1S/C20H19F2NO2.C2H6/c1-12-11-23(19(24)25-20(2,3)4)17-9-8-13(10-14(12)17)18-15(21)6-5-7-16(18)22;1-2/h5-11H,1-4H3;1-2H3. The summed E-state index contributed by atoms with van der Waals surface area (Å²) in [5.41, 5.74) is 1.19. The van der Waals surface area contributed by atoms with Gasteiger partial charge >= 0.3 is 6.09 Å². The largest absolute Gasteiger partial charge is 0.443 e. The van der Waals surface area contributed by atoms with Gasteiger partial charge in [0.05, 0.1) is 11.1 Å². The normalized spacial score (nSPS) is 11.1. The van der Waals surface area contributed by atoms with Crippen LogP contribution in [0.5, 0.6) is 0 Å². The minimum Gasteiger partial charge on any atom is -0.443 e. The Morgan fingerprint density at radius 1 is 1.04 bits per heavy atom. The fourth-order valence-electron chi connectivity index (χ4n) is 2.79. The number of nitrogens with zero attached hydrogens (tertiary/aromatic N) is 1. The molecule has 0 fully saturated rings. The highest BCUT2D eigenvalue weighted by molar-refractivity contribution is 5.94. The van der Waals surface area contributed by atoms with Crippen molar-refractivity contribution in [2.45, 2.75) is 47.1 Å².